The van der Waals surface area contributed by atoms with Crippen LogP contribution in [0.15, 0.2) is 18.2 Å². The van der Waals surface area contributed by atoms with E-state index < -0.39 is 11.9 Å². The highest BCUT2D eigenvalue weighted by molar-refractivity contribution is 5.97. The topological polar surface area (TPSA) is 87.1 Å². The molecule has 0 aliphatic heterocycles. The molecule has 1 fully saturated rings. The number of hydrogen-bond donors (Lipinski definition) is 2. The van der Waals surface area contributed by atoms with Crippen LogP contribution in [0.25, 0.3) is 0 Å². The number of aromatic hydroxyl groups is 1. The van der Waals surface area contributed by atoms with Crippen molar-refractivity contribution in [3.63, 3.8) is 0 Å². The molecule has 21 heavy (non-hydrogen) atoms. The van der Waals surface area contributed by atoms with Gasteiger partial charge in [0.15, 0.2) is 0 Å². The van der Waals surface area contributed by atoms with Crippen molar-refractivity contribution in [3.05, 3.63) is 23.8 Å². The molecule has 0 spiro atoms. The van der Waals surface area contributed by atoms with Crippen LogP contribution in [0.2, 0.25) is 0 Å². The number of carboxylic acid groups (broad SMARTS) is 1. The monoisotopic (exact) mass is 293 g/mol. The predicted molar refractivity (Wildman–Crippen MR) is 75.5 cm³/mol. The van der Waals surface area contributed by atoms with Gasteiger partial charge < -0.3 is 19.8 Å². The van der Waals surface area contributed by atoms with Gasteiger partial charge in [0, 0.05) is 12.6 Å². The zero-order chi connectivity index (χ0) is 15.6. The lowest BCUT2D eigenvalue weighted by molar-refractivity contribution is -0.141. The smallest absolute Gasteiger partial charge is 0.308 e. The molecular weight excluding hydrogens is 274 g/mol. The quantitative estimate of drug-likeness (QED) is 0.834. The molecule has 1 unspecified atom stereocenters. The van der Waals surface area contributed by atoms with E-state index in [1.165, 1.54) is 24.1 Å². The van der Waals surface area contributed by atoms with Gasteiger partial charge in [-0.05, 0) is 31.0 Å². The lowest BCUT2D eigenvalue weighted by Gasteiger charge is -2.25. The lowest BCUT2D eigenvalue weighted by atomic mass is 10.1. The summed E-state index contributed by atoms with van der Waals surface area (Å²) >= 11 is 0. The van der Waals surface area contributed by atoms with Crippen LogP contribution in [-0.4, -0.2) is 46.7 Å². The van der Waals surface area contributed by atoms with Crippen molar-refractivity contribution in [3.8, 4) is 11.5 Å². The summed E-state index contributed by atoms with van der Waals surface area (Å²) in [7, 11) is 1.48. The largest absolute Gasteiger partial charge is 0.507 e. The molecule has 2 N–H and O–H groups in total. The molecule has 1 atom stereocenters. The Morgan fingerprint density at radius 3 is 2.62 bits per heavy atom. The van der Waals surface area contributed by atoms with Crippen molar-refractivity contribution >= 4 is 11.9 Å². The molecule has 2 rings (SSSR count). The second kappa shape index (κ2) is 6.03. The second-order valence-corrected chi connectivity index (χ2v) is 5.31. The molecule has 1 aromatic rings. The number of phenols is 1. The third-order valence-electron chi connectivity index (χ3n) is 3.57. The Labute approximate surface area is 122 Å². The van der Waals surface area contributed by atoms with E-state index in [2.05, 4.69) is 0 Å². The van der Waals surface area contributed by atoms with Gasteiger partial charge in [0.25, 0.3) is 5.91 Å². The fourth-order valence-electron chi connectivity index (χ4n) is 2.13. The van der Waals surface area contributed by atoms with E-state index in [0.717, 1.165) is 12.8 Å². The van der Waals surface area contributed by atoms with Gasteiger partial charge in [-0.2, -0.15) is 0 Å². The van der Waals surface area contributed by atoms with Crippen LogP contribution in [0.1, 0.15) is 30.1 Å². The number of carbonyl (C=O) groups is 2. The maximum Gasteiger partial charge on any atom is 0.308 e. The van der Waals surface area contributed by atoms with E-state index in [0.29, 0.717) is 5.75 Å². The van der Waals surface area contributed by atoms with Crippen LogP contribution < -0.4 is 4.74 Å². The fraction of sp³-hybridized carbons (Fsp3) is 0.467. The SMILES string of the molecule is COc1ccc(O)c(C(=O)N(CC(C)C(=O)O)C2CC2)c1. The number of amides is 1. The third-order valence-corrected chi connectivity index (χ3v) is 3.57. The van der Waals surface area contributed by atoms with Gasteiger partial charge in [-0.1, -0.05) is 6.92 Å². The minimum Gasteiger partial charge on any atom is -0.507 e. The highest BCUT2D eigenvalue weighted by Gasteiger charge is 2.35. The number of hydrogen-bond acceptors (Lipinski definition) is 4. The first-order valence-electron chi connectivity index (χ1n) is 6.84. The Morgan fingerprint density at radius 1 is 1.43 bits per heavy atom. The maximum absolute atomic E-state index is 12.6. The normalized spacial score (nSPS) is 15.3. The van der Waals surface area contributed by atoms with Gasteiger partial charge in [-0.3, -0.25) is 9.59 Å². The van der Waals surface area contributed by atoms with Crippen LogP contribution in [0.5, 0.6) is 11.5 Å². The summed E-state index contributed by atoms with van der Waals surface area (Å²) in [6, 6.07) is 4.49. The summed E-state index contributed by atoms with van der Waals surface area (Å²) in [6.45, 7) is 1.70. The lowest BCUT2D eigenvalue weighted by Crippen LogP contribution is -2.38. The van der Waals surface area contributed by atoms with Crippen LogP contribution in [-0.2, 0) is 4.79 Å². The molecule has 6 nitrogen and oxygen atoms in total. The molecule has 1 aromatic carbocycles. The van der Waals surface area contributed by atoms with Gasteiger partial charge >= 0.3 is 5.97 Å². The van der Waals surface area contributed by atoms with Crippen molar-refractivity contribution in [2.45, 2.75) is 25.8 Å². The van der Waals surface area contributed by atoms with Crippen molar-refractivity contribution in [2.24, 2.45) is 5.92 Å². The van der Waals surface area contributed by atoms with Gasteiger partial charge in [0.05, 0.1) is 18.6 Å². The Hall–Kier alpha value is -2.24. The number of rotatable bonds is 6. The first-order valence-corrected chi connectivity index (χ1v) is 6.84. The molecule has 0 saturated heterocycles. The van der Waals surface area contributed by atoms with Crippen LogP contribution in [0, 0.1) is 5.92 Å². The summed E-state index contributed by atoms with van der Waals surface area (Å²) in [5.41, 5.74) is 0.138. The first kappa shape index (κ1) is 15.2. The molecular formula is C15H19NO5. The van der Waals surface area contributed by atoms with Gasteiger partial charge in [0.1, 0.15) is 11.5 Å². The van der Waals surface area contributed by atoms with Crippen LogP contribution in [0.3, 0.4) is 0 Å². The molecule has 1 aliphatic carbocycles. The van der Waals surface area contributed by atoms with Crippen LogP contribution >= 0.6 is 0 Å². The zero-order valence-electron chi connectivity index (χ0n) is 12.1. The van der Waals surface area contributed by atoms with Crippen LogP contribution in [0.4, 0.5) is 0 Å². The zero-order valence-corrected chi connectivity index (χ0v) is 12.1. The van der Waals surface area contributed by atoms with Gasteiger partial charge in [-0.25, -0.2) is 0 Å². The highest BCUT2D eigenvalue weighted by atomic mass is 16.5. The van der Waals surface area contributed by atoms with E-state index >= 15 is 0 Å². The standard InChI is InChI=1S/C15H19NO5/c1-9(15(19)20)8-16(10-3-4-10)14(18)12-7-11(21-2)5-6-13(12)17/h5-7,9-10,17H,3-4,8H2,1-2H3,(H,19,20). The minimum absolute atomic E-state index is 0.0601. The number of ether oxygens (including phenoxy) is 1. The Morgan fingerprint density at radius 2 is 2.10 bits per heavy atom. The number of carboxylic acids is 1. The molecule has 1 aliphatic rings. The van der Waals surface area contributed by atoms with Crippen molar-refractivity contribution in [1.82, 2.24) is 4.90 Å². The molecule has 6 heteroatoms. The van der Waals surface area contributed by atoms with E-state index in [-0.39, 0.29) is 29.8 Å². The van der Waals surface area contributed by atoms with Crippen molar-refractivity contribution in [2.75, 3.05) is 13.7 Å². The highest BCUT2D eigenvalue weighted by Crippen LogP contribution is 2.32. The third kappa shape index (κ3) is 3.45. The number of phenolic OH excluding ortho intramolecular Hbond substituents is 1. The van der Waals surface area contributed by atoms with Gasteiger partial charge in [-0.15, -0.1) is 0 Å². The number of aliphatic carboxylic acids is 1. The average molecular weight is 293 g/mol. The van der Waals surface area contributed by atoms with E-state index in [9.17, 15) is 14.7 Å². The predicted octanol–water partition coefficient (Wildman–Crippen LogP) is 1.73. The fourth-order valence-corrected chi connectivity index (χ4v) is 2.13. The van der Waals surface area contributed by atoms with Crippen molar-refractivity contribution < 1.29 is 24.5 Å². The number of carbonyl (C=O) groups excluding carboxylic acids is 1. The summed E-state index contributed by atoms with van der Waals surface area (Å²) < 4.78 is 5.06. The summed E-state index contributed by atoms with van der Waals surface area (Å²) in [5, 5.41) is 18.9. The van der Waals surface area contributed by atoms with E-state index in [1.54, 1.807) is 13.0 Å². The Kier molecular flexibility index (Phi) is 4.35. The van der Waals surface area contributed by atoms with Gasteiger partial charge in [0.2, 0.25) is 0 Å². The Bertz CT molecular complexity index is 553. The van der Waals surface area contributed by atoms with E-state index in [1.807, 2.05) is 0 Å². The Balaban J connectivity index is 2.24. The summed E-state index contributed by atoms with van der Waals surface area (Å²) in [6.07, 6.45) is 1.73. The molecule has 1 saturated carbocycles. The average Bonchev–Trinajstić information content (AvgIpc) is 3.28. The number of nitrogens with zero attached hydrogens (tertiary/aromatic N) is 1. The molecule has 0 radical (unpaired) electrons. The molecule has 0 bridgehead atoms. The molecule has 0 heterocycles. The number of benzene rings is 1. The van der Waals surface area contributed by atoms with E-state index in [4.69, 9.17) is 9.84 Å². The molecule has 1 amide bonds. The maximum atomic E-state index is 12.6. The second-order valence-electron chi connectivity index (χ2n) is 5.31. The minimum atomic E-state index is -0.941. The molecule has 0 aromatic heterocycles. The summed E-state index contributed by atoms with van der Waals surface area (Å²) in [4.78, 5) is 25.1. The first-order chi connectivity index (χ1) is 9.93. The molecule has 114 valence electrons. The van der Waals surface area contributed by atoms with Crippen molar-refractivity contribution in [1.29, 1.82) is 0 Å². The summed E-state index contributed by atoms with van der Waals surface area (Å²) in [5.74, 6) is -1.61. The number of methoxy groups -OCH3 is 1.